The Labute approximate surface area is 119 Å². The first-order chi connectivity index (χ1) is 9.56. The zero-order valence-corrected chi connectivity index (χ0v) is 11.9. The van der Waals surface area contributed by atoms with Crippen LogP contribution in [-0.2, 0) is 10.2 Å². The highest BCUT2D eigenvalue weighted by Crippen LogP contribution is 2.46. The molecule has 0 radical (unpaired) electrons. The first kappa shape index (κ1) is 13.1. The Morgan fingerprint density at radius 1 is 1.50 bits per heavy atom. The fourth-order valence-corrected chi connectivity index (χ4v) is 3.47. The molecule has 20 heavy (non-hydrogen) atoms. The molecule has 1 aromatic rings. The molecule has 2 atom stereocenters. The Morgan fingerprint density at radius 2 is 2.25 bits per heavy atom. The molecule has 0 unspecified atom stereocenters. The normalized spacial score (nSPS) is 28.7. The standard InChI is InChI=1S/C16H19N3O/c1-11(2)9-19-10-16(8-14(19)17-3)12-6-4-5-7-13(12)18-15(16)20/h4-7,11,14H,8-10H2,1-2H3,(H,18,20)/t14-,16-/m0/s1. The number of para-hydroxylation sites is 1. The highest BCUT2D eigenvalue weighted by atomic mass is 16.2. The quantitative estimate of drug-likeness (QED) is 0.837. The van der Waals surface area contributed by atoms with Gasteiger partial charge in [-0.1, -0.05) is 32.0 Å². The smallest absolute Gasteiger partial charge is 0.281 e. The van der Waals surface area contributed by atoms with Gasteiger partial charge < -0.3 is 5.32 Å². The number of benzene rings is 1. The lowest BCUT2D eigenvalue weighted by atomic mass is 9.80. The SMILES string of the molecule is [C-]#[N+][C@@H]1C[C@@]2(CN1CC(C)C)C(=O)Nc1ccccc12. The van der Waals surface area contributed by atoms with Gasteiger partial charge in [0.2, 0.25) is 5.91 Å². The summed E-state index contributed by atoms with van der Waals surface area (Å²) in [6, 6.07) is 7.87. The van der Waals surface area contributed by atoms with Gasteiger partial charge in [0.1, 0.15) is 0 Å². The Kier molecular flexibility index (Phi) is 3.02. The van der Waals surface area contributed by atoms with Crippen molar-refractivity contribution in [3.8, 4) is 0 Å². The van der Waals surface area contributed by atoms with Crippen molar-refractivity contribution < 1.29 is 4.79 Å². The van der Waals surface area contributed by atoms with Crippen LogP contribution in [0.25, 0.3) is 4.85 Å². The second-order valence-electron chi connectivity index (χ2n) is 6.22. The van der Waals surface area contributed by atoms with E-state index in [4.69, 9.17) is 6.57 Å². The molecule has 4 heteroatoms. The largest absolute Gasteiger partial charge is 0.325 e. The van der Waals surface area contributed by atoms with E-state index >= 15 is 0 Å². The molecule has 1 aromatic carbocycles. The minimum absolute atomic E-state index is 0.0543. The molecule has 1 fully saturated rings. The molecule has 0 bridgehead atoms. The molecule has 0 saturated carbocycles. The summed E-state index contributed by atoms with van der Waals surface area (Å²) in [7, 11) is 0. The second-order valence-corrected chi connectivity index (χ2v) is 6.22. The zero-order valence-electron chi connectivity index (χ0n) is 11.9. The Balaban J connectivity index is 1.98. The number of rotatable bonds is 2. The lowest BCUT2D eigenvalue weighted by molar-refractivity contribution is -0.120. The molecule has 4 nitrogen and oxygen atoms in total. The van der Waals surface area contributed by atoms with Gasteiger partial charge in [0.25, 0.3) is 6.17 Å². The van der Waals surface area contributed by atoms with Crippen molar-refractivity contribution in [1.29, 1.82) is 0 Å². The van der Waals surface area contributed by atoms with Crippen LogP contribution in [0.5, 0.6) is 0 Å². The van der Waals surface area contributed by atoms with Gasteiger partial charge >= 0.3 is 0 Å². The number of carbonyl (C=O) groups is 1. The number of nitrogens with zero attached hydrogens (tertiary/aromatic N) is 2. The van der Waals surface area contributed by atoms with E-state index in [-0.39, 0.29) is 12.1 Å². The maximum absolute atomic E-state index is 12.5. The first-order valence-corrected chi connectivity index (χ1v) is 7.08. The van der Waals surface area contributed by atoms with Gasteiger partial charge in [-0.3, -0.25) is 9.64 Å². The average Bonchev–Trinajstić information content (AvgIpc) is 2.90. The lowest BCUT2D eigenvalue weighted by Crippen LogP contribution is -2.38. The predicted octanol–water partition coefficient (Wildman–Crippen LogP) is 2.48. The van der Waals surface area contributed by atoms with Crippen LogP contribution >= 0.6 is 0 Å². The number of hydrogen-bond acceptors (Lipinski definition) is 2. The summed E-state index contributed by atoms with van der Waals surface area (Å²) in [6.45, 7) is 13.2. The third-order valence-corrected chi connectivity index (χ3v) is 4.30. The van der Waals surface area contributed by atoms with Gasteiger partial charge in [0.05, 0.1) is 11.8 Å². The molecule has 2 aliphatic heterocycles. The molecule has 0 aliphatic carbocycles. The minimum Gasteiger partial charge on any atom is -0.325 e. The molecule has 3 rings (SSSR count). The van der Waals surface area contributed by atoms with Gasteiger partial charge in [-0.2, -0.15) is 0 Å². The van der Waals surface area contributed by atoms with Gasteiger partial charge in [0, 0.05) is 18.8 Å². The van der Waals surface area contributed by atoms with Crippen LogP contribution in [0.15, 0.2) is 24.3 Å². The average molecular weight is 269 g/mol. The second kappa shape index (κ2) is 4.60. The van der Waals surface area contributed by atoms with Crippen LogP contribution in [0, 0.1) is 12.5 Å². The van der Waals surface area contributed by atoms with Crippen molar-refractivity contribution in [2.45, 2.75) is 31.8 Å². The van der Waals surface area contributed by atoms with E-state index in [1.54, 1.807) is 0 Å². The van der Waals surface area contributed by atoms with Crippen LogP contribution in [0.4, 0.5) is 5.69 Å². The van der Waals surface area contributed by atoms with Crippen LogP contribution in [0.2, 0.25) is 0 Å². The van der Waals surface area contributed by atoms with Crippen molar-refractivity contribution >= 4 is 11.6 Å². The van der Waals surface area contributed by atoms with E-state index < -0.39 is 5.41 Å². The molecule has 104 valence electrons. The van der Waals surface area contributed by atoms with Gasteiger partial charge in [0.15, 0.2) is 0 Å². The van der Waals surface area contributed by atoms with E-state index in [9.17, 15) is 4.79 Å². The molecule has 0 aromatic heterocycles. The van der Waals surface area contributed by atoms with E-state index in [1.165, 1.54) is 0 Å². The van der Waals surface area contributed by atoms with Crippen molar-refractivity contribution in [2.75, 3.05) is 18.4 Å². The number of anilines is 1. The van der Waals surface area contributed by atoms with Gasteiger partial charge in [-0.25, -0.2) is 11.5 Å². The molecular formula is C16H19N3O. The summed E-state index contributed by atoms with van der Waals surface area (Å²) < 4.78 is 0. The third kappa shape index (κ3) is 1.82. The Bertz CT molecular complexity index is 590. The van der Waals surface area contributed by atoms with E-state index in [0.717, 1.165) is 17.8 Å². The highest BCUT2D eigenvalue weighted by Gasteiger charge is 2.56. The lowest BCUT2D eigenvalue weighted by Gasteiger charge is -2.22. The molecule has 1 amide bonds. The van der Waals surface area contributed by atoms with Gasteiger partial charge in [-0.05, 0) is 17.5 Å². The fourth-order valence-electron chi connectivity index (χ4n) is 3.47. The van der Waals surface area contributed by atoms with Crippen molar-refractivity contribution in [3.63, 3.8) is 0 Å². The molecule has 1 N–H and O–H groups in total. The maximum atomic E-state index is 12.5. The molecule has 1 saturated heterocycles. The Morgan fingerprint density at radius 3 is 2.95 bits per heavy atom. The number of likely N-dealkylation sites (tertiary alicyclic amines) is 1. The Hall–Kier alpha value is -1.86. The summed E-state index contributed by atoms with van der Waals surface area (Å²) in [6.07, 6.45) is 0.417. The number of hydrogen-bond donors (Lipinski definition) is 1. The van der Waals surface area contributed by atoms with E-state index in [1.807, 2.05) is 24.3 Å². The minimum atomic E-state index is -0.527. The zero-order chi connectivity index (χ0) is 14.3. The molecular weight excluding hydrogens is 250 g/mol. The molecule has 2 heterocycles. The van der Waals surface area contributed by atoms with E-state index in [2.05, 4.69) is 28.9 Å². The highest BCUT2D eigenvalue weighted by molar-refractivity contribution is 6.06. The summed E-state index contributed by atoms with van der Waals surface area (Å²) >= 11 is 0. The van der Waals surface area contributed by atoms with Crippen molar-refractivity contribution in [1.82, 2.24) is 4.90 Å². The van der Waals surface area contributed by atoms with E-state index in [0.29, 0.717) is 18.9 Å². The summed E-state index contributed by atoms with van der Waals surface area (Å²) in [4.78, 5) is 18.4. The third-order valence-electron chi connectivity index (χ3n) is 4.30. The van der Waals surface area contributed by atoms with Crippen LogP contribution in [0.1, 0.15) is 25.8 Å². The molecule has 2 aliphatic rings. The number of fused-ring (bicyclic) bond motifs is 2. The number of nitrogens with one attached hydrogen (secondary N) is 1. The van der Waals surface area contributed by atoms with Crippen molar-refractivity contribution in [2.24, 2.45) is 5.92 Å². The summed E-state index contributed by atoms with van der Waals surface area (Å²) in [5, 5.41) is 2.98. The summed E-state index contributed by atoms with van der Waals surface area (Å²) in [5.41, 5.74) is 1.44. The topological polar surface area (TPSA) is 36.7 Å². The first-order valence-electron chi connectivity index (χ1n) is 7.08. The molecule has 1 spiro atoms. The fraction of sp³-hybridized carbons (Fsp3) is 0.500. The van der Waals surface area contributed by atoms with Crippen LogP contribution in [0.3, 0.4) is 0 Å². The monoisotopic (exact) mass is 269 g/mol. The summed E-state index contributed by atoms with van der Waals surface area (Å²) in [5.74, 6) is 0.549. The predicted molar refractivity (Wildman–Crippen MR) is 78.2 cm³/mol. The number of carbonyl (C=O) groups excluding carboxylic acids is 1. The van der Waals surface area contributed by atoms with Crippen molar-refractivity contribution in [3.05, 3.63) is 41.2 Å². The number of amides is 1. The van der Waals surface area contributed by atoms with Gasteiger partial charge in [-0.15, -0.1) is 0 Å². The maximum Gasteiger partial charge on any atom is 0.281 e. The van der Waals surface area contributed by atoms with Crippen LogP contribution < -0.4 is 5.32 Å². The van der Waals surface area contributed by atoms with Crippen LogP contribution in [-0.4, -0.2) is 30.1 Å².